The molecule has 3 heterocycles. The first kappa shape index (κ1) is 19.6. The van der Waals surface area contributed by atoms with Crippen molar-refractivity contribution in [3.63, 3.8) is 0 Å². The normalized spacial score (nSPS) is 35.7. The standard InChI is InChI=1S/C21H23N3O5/c1-24-13-8-12(9-22)18(24)14-15(19(13)25)16(23-17(14)21(27)29-3)10-4-6-11(7-5-10)20(26)28-2/h4-7,12-18,23H,8H2,1-3H3/t12-,13+,14+,15-,16+,17+,18+/m0/s1. The molecule has 3 aliphatic heterocycles. The molecule has 0 radical (unpaired) electrons. The van der Waals surface area contributed by atoms with Gasteiger partial charge in [0, 0.05) is 23.9 Å². The number of nitrogens with one attached hydrogen (secondary N) is 1. The molecule has 0 unspecified atom stereocenters. The molecule has 0 saturated carbocycles. The number of likely N-dealkylation sites (N-methyl/N-ethyl adjacent to an activating group) is 1. The van der Waals surface area contributed by atoms with Crippen molar-refractivity contribution in [2.45, 2.75) is 30.6 Å². The van der Waals surface area contributed by atoms with Gasteiger partial charge in [-0.1, -0.05) is 12.1 Å². The minimum absolute atomic E-state index is 0.0486. The van der Waals surface area contributed by atoms with E-state index in [4.69, 9.17) is 9.47 Å². The third-order valence-electron chi connectivity index (χ3n) is 6.73. The molecule has 0 amide bonds. The fraction of sp³-hybridized carbons (Fsp3) is 0.524. The number of carbonyl (C=O) groups excluding carboxylic acids is 3. The van der Waals surface area contributed by atoms with E-state index in [1.54, 1.807) is 24.3 Å². The van der Waals surface area contributed by atoms with Crippen molar-refractivity contribution >= 4 is 17.7 Å². The van der Waals surface area contributed by atoms with Crippen LogP contribution < -0.4 is 5.32 Å². The van der Waals surface area contributed by atoms with Gasteiger partial charge in [0.15, 0.2) is 5.78 Å². The van der Waals surface area contributed by atoms with Crippen molar-refractivity contribution in [2.75, 3.05) is 21.3 Å². The number of hydrogen-bond donors (Lipinski definition) is 1. The fourth-order valence-corrected chi connectivity index (χ4v) is 5.45. The molecule has 4 rings (SSSR count). The number of nitriles is 1. The number of Topliss-reactive ketones (excluding diaryl/α,β-unsaturated/α-hetero) is 1. The van der Waals surface area contributed by atoms with Crippen LogP contribution in [0.25, 0.3) is 0 Å². The Morgan fingerprint density at radius 3 is 2.48 bits per heavy atom. The summed E-state index contributed by atoms with van der Waals surface area (Å²) < 4.78 is 9.74. The van der Waals surface area contributed by atoms with E-state index in [2.05, 4.69) is 11.4 Å². The maximum atomic E-state index is 13.4. The highest BCUT2D eigenvalue weighted by Gasteiger charge is 2.64. The Balaban J connectivity index is 1.74. The number of hydrogen-bond acceptors (Lipinski definition) is 8. The molecule has 1 aromatic carbocycles. The van der Waals surface area contributed by atoms with Gasteiger partial charge in [-0.3, -0.25) is 19.8 Å². The lowest BCUT2D eigenvalue weighted by Gasteiger charge is -2.41. The van der Waals surface area contributed by atoms with Gasteiger partial charge in [0.1, 0.15) is 6.04 Å². The van der Waals surface area contributed by atoms with E-state index in [-0.39, 0.29) is 35.7 Å². The third kappa shape index (κ3) is 2.84. The van der Waals surface area contributed by atoms with Crippen LogP contribution in [0.5, 0.6) is 0 Å². The molecular weight excluding hydrogens is 374 g/mol. The largest absolute Gasteiger partial charge is 0.468 e. The van der Waals surface area contributed by atoms with Crippen LogP contribution in [0.2, 0.25) is 0 Å². The summed E-state index contributed by atoms with van der Waals surface area (Å²) in [5.41, 5.74) is 1.22. The number of rotatable bonds is 3. The monoisotopic (exact) mass is 397 g/mol. The minimum atomic E-state index is -0.679. The minimum Gasteiger partial charge on any atom is -0.468 e. The number of ketones is 1. The highest BCUT2D eigenvalue weighted by atomic mass is 16.5. The van der Waals surface area contributed by atoms with Gasteiger partial charge in [-0.05, 0) is 31.2 Å². The topological polar surface area (TPSA) is 109 Å². The molecule has 0 aliphatic carbocycles. The number of ether oxygens (including phenoxy) is 2. The number of carbonyl (C=O) groups is 3. The summed E-state index contributed by atoms with van der Waals surface area (Å²) in [4.78, 5) is 39.6. The van der Waals surface area contributed by atoms with Gasteiger partial charge in [0.05, 0.1) is 37.8 Å². The quantitative estimate of drug-likeness (QED) is 0.742. The zero-order chi connectivity index (χ0) is 20.9. The van der Waals surface area contributed by atoms with Crippen LogP contribution >= 0.6 is 0 Å². The smallest absolute Gasteiger partial charge is 0.337 e. The highest BCUT2D eigenvalue weighted by molar-refractivity contribution is 5.92. The predicted octanol–water partition coefficient (Wildman–Crippen LogP) is 0.687. The summed E-state index contributed by atoms with van der Waals surface area (Å²) in [7, 11) is 4.50. The Bertz CT molecular complexity index is 893. The lowest BCUT2D eigenvalue weighted by molar-refractivity contribution is -0.146. The molecule has 3 saturated heterocycles. The summed E-state index contributed by atoms with van der Waals surface area (Å²) in [5.74, 6) is -1.92. The van der Waals surface area contributed by atoms with Gasteiger partial charge in [0.2, 0.25) is 0 Å². The first-order valence-electron chi connectivity index (χ1n) is 9.60. The molecule has 2 bridgehead atoms. The Morgan fingerprint density at radius 2 is 1.90 bits per heavy atom. The van der Waals surface area contributed by atoms with E-state index >= 15 is 0 Å². The van der Waals surface area contributed by atoms with E-state index in [0.717, 1.165) is 5.56 Å². The lowest BCUT2D eigenvalue weighted by atomic mass is 9.73. The zero-order valence-corrected chi connectivity index (χ0v) is 16.5. The van der Waals surface area contributed by atoms with Gasteiger partial charge in [0.25, 0.3) is 0 Å². The fourth-order valence-electron chi connectivity index (χ4n) is 5.45. The number of esters is 2. The predicted molar refractivity (Wildman–Crippen MR) is 101 cm³/mol. The van der Waals surface area contributed by atoms with Gasteiger partial charge in [-0.2, -0.15) is 5.26 Å². The van der Waals surface area contributed by atoms with Gasteiger partial charge >= 0.3 is 11.9 Å². The van der Waals surface area contributed by atoms with Crippen LogP contribution in [0.1, 0.15) is 28.4 Å². The average molecular weight is 397 g/mol. The number of piperidine rings is 1. The molecule has 152 valence electrons. The van der Waals surface area contributed by atoms with Gasteiger partial charge < -0.3 is 9.47 Å². The van der Waals surface area contributed by atoms with Crippen molar-refractivity contribution in [1.29, 1.82) is 5.26 Å². The second-order valence-electron chi connectivity index (χ2n) is 7.91. The van der Waals surface area contributed by atoms with Crippen LogP contribution in [0.3, 0.4) is 0 Å². The molecule has 8 heteroatoms. The molecule has 0 aromatic heterocycles. The molecule has 1 N–H and O–H groups in total. The summed E-state index contributed by atoms with van der Waals surface area (Å²) in [5, 5.41) is 12.9. The highest BCUT2D eigenvalue weighted by Crippen LogP contribution is 2.51. The molecular formula is C21H23N3O5. The van der Waals surface area contributed by atoms with Crippen LogP contribution in [-0.4, -0.2) is 62.0 Å². The molecule has 8 nitrogen and oxygen atoms in total. The number of benzene rings is 1. The molecule has 1 aromatic rings. The van der Waals surface area contributed by atoms with E-state index in [1.807, 2.05) is 11.9 Å². The van der Waals surface area contributed by atoms with Gasteiger partial charge in [-0.15, -0.1) is 0 Å². The Labute approximate surface area is 168 Å². The summed E-state index contributed by atoms with van der Waals surface area (Å²) >= 11 is 0. The van der Waals surface area contributed by atoms with Crippen LogP contribution in [0, 0.1) is 29.1 Å². The van der Waals surface area contributed by atoms with E-state index in [0.29, 0.717) is 12.0 Å². The van der Waals surface area contributed by atoms with Crippen molar-refractivity contribution in [3.05, 3.63) is 35.4 Å². The molecule has 3 aliphatic rings. The Kier molecular flexibility index (Phi) is 4.89. The average Bonchev–Trinajstić information content (AvgIpc) is 3.26. The number of methoxy groups -OCH3 is 2. The first-order valence-corrected chi connectivity index (χ1v) is 9.60. The Hall–Kier alpha value is -2.76. The summed E-state index contributed by atoms with van der Waals surface area (Å²) in [6.07, 6.45) is 0.491. The Morgan fingerprint density at radius 1 is 1.21 bits per heavy atom. The lowest BCUT2D eigenvalue weighted by Crippen LogP contribution is -2.56. The maximum Gasteiger partial charge on any atom is 0.337 e. The first-order chi connectivity index (χ1) is 13.9. The van der Waals surface area contributed by atoms with E-state index < -0.39 is 23.9 Å². The van der Waals surface area contributed by atoms with Crippen molar-refractivity contribution in [2.24, 2.45) is 17.8 Å². The van der Waals surface area contributed by atoms with Crippen molar-refractivity contribution in [1.82, 2.24) is 10.2 Å². The van der Waals surface area contributed by atoms with Crippen LogP contribution in [0.15, 0.2) is 24.3 Å². The second kappa shape index (κ2) is 7.25. The molecule has 29 heavy (non-hydrogen) atoms. The zero-order valence-electron chi connectivity index (χ0n) is 16.5. The van der Waals surface area contributed by atoms with Gasteiger partial charge in [-0.25, -0.2) is 4.79 Å². The third-order valence-corrected chi connectivity index (χ3v) is 6.73. The number of fused-ring (bicyclic) bond motifs is 4. The summed E-state index contributed by atoms with van der Waals surface area (Å²) in [6, 6.07) is 7.60. The van der Waals surface area contributed by atoms with Crippen LogP contribution in [0.4, 0.5) is 0 Å². The second-order valence-corrected chi connectivity index (χ2v) is 7.91. The number of nitrogens with zero attached hydrogens (tertiary/aromatic N) is 2. The maximum absolute atomic E-state index is 13.4. The van der Waals surface area contributed by atoms with E-state index in [9.17, 15) is 19.6 Å². The molecule has 7 atom stereocenters. The SMILES string of the molecule is COC(=O)c1ccc([C@H]2N[C@@H](C(=O)OC)[C@H]3[C@@H]2C(=O)[C@H]2C[C@@H](C#N)[C@H]3N2C)cc1. The van der Waals surface area contributed by atoms with Crippen molar-refractivity contribution < 1.29 is 23.9 Å². The molecule has 3 fully saturated rings. The van der Waals surface area contributed by atoms with Crippen molar-refractivity contribution in [3.8, 4) is 6.07 Å². The molecule has 0 spiro atoms. The van der Waals surface area contributed by atoms with Crippen LogP contribution in [-0.2, 0) is 19.1 Å². The summed E-state index contributed by atoms with van der Waals surface area (Å²) in [6.45, 7) is 0. The van der Waals surface area contributed by atoms with E-state index in [1.165, 1.54) is 14.2 Å².